The third kappa shape index (κ3) is 13.6. The number of amides is 1. The molecule has 0 unspecified atom stereocenters. The van der Waals surface area contributed by atoms with Gasteiger partial charge in [-0.1, -0.05) is 39.0 Å². The van der Waals surface area contributed by atoms with Crippen LogP contribution < -0.4 is 10.6 Å². The van der Waals surface area contributed by atoms with Crippen molar-refractivity contribution in [3.05, 3.63) is 0 Å². The van der Waals surface area contributed by atoms with Crippen LogP contribution in [0.4, 0.5) is 0 Å². The summed E-state index contributed by atoms with van der Waals surface area (Å²) in [5, 5.41) is 5.12. The number of unbranched alkanes of at least 4 members (excludes halogenated alkanes) is 5. The first kappa shape index (κ1) is 17.6. The van der Waals surface area contributed by atoms with Crippen molar-refractivity contribution < 1.29 is 19.1 Å². The normalized spacial score (nSPS) is 11.5. The van der Waals surface area contributed by atoms with E-state index in [1.807, 2.05) is 0 Å². The summed E-state index contributed by atoms with van der Waals surface area (Å²) in [5.74, 6) is -0.225. The Kier molecular flexibility index (Phi) is 10.3. The molecule has 0 aromatic heterocycles. The quantitative estimate of drug-likeness (QED) is 0.336. The fourth-order valence-corrected chi connectivity index (χ4v) is 1.91. The van der Waals surface area contributed by atoms with E-state index in [0.717, 1.165) is 12.8 Å². The van der Waals surface area contributed by atoms with Crippen LogP contribution in [0.15, 0.2) is 0 Å². The first-order valence-electron chi connectivity index (χ1n) is 6.47. The maximum Gasteiger partial charge on any atom is 0.339 e. The standard InChI is InChI=1S/C11H25N2O4P/c1-2-3-4-5-6-7-8-13-11(14)9-12-10-18(15,16)17/h12H,2-10H2,1H3,(H,13,14)(H2,15,16,17). The third-order valence-electron chi connectivity index (χ3n) is 2.46. The van der Waals surface area contributed by atoms with E-state index < -0.39 is 13.9 Å². The van der Waals surface area contributed by atoms with Gasteiger partial charge >= 0.3 is 7.60 Å². The summed E-state index contributed by atoms with van der Waals surface area (Å²) >= 11 is 0. The Balaban J connectivity index is 3.30. The molecule has 4 N–H and O–H groups in total. The maximum atomic E-state index is 11.2. The van der Waals surface area contributed by atoms with E-state index >= 15 is 0 Å². The largest absolute Gasteiger partial charge is 0.355 e. The van der Waals surface area contributed by atoms with E-state index in [2.05, 4.69) is 17.6 Å². The van der Waals surface area contributed by atoms with Crippen molar-refractivity contribution >= 4 is 13.5 Å². The lowest BCUT2D eigenvalue weighted by Crippen LogP contribution is -2.34. The molecule has 0 atom stereocenters. The molecular formula is C11H25N2O4P. The SMILES string of the molecule is CCCCCCCCNC(=O)CNCP(=O)(O)O. The number of rotatable bonds is 11. The van der Waals surface area contributed by atoms with E-state index in [4.69, 9.17) is 9.79 Å². The van der Waals surface area contributed by atoms with E-state index in [0.29, 0.717) is 6.54 Å². The first-order chi connectivity index (χ1) is 8.45. The van der Waals surface area contributed by atoms with Gasteiger partial charge in [0.25, 0.3) is 0 Å². The maximum absolute atomic E-state index is 11.2. The summed E-state index contributed by atoms with van der Waals surface area (Å²) < 4.78 is 10.5. The predicted molar refractivity (Wildman–Crippen MR) is 71.3 cm³/mol. The Morgan fingerprint density at radius 3 is 2.33 bits per heavy atom. The molecule has 0 fully saturated rings. The monoisotopic (exact) mass is 280 g/mol. The third-order valence-corrected chi connectivity index (χ3v) is 3.09. The lowest BCUT2D eigenvalue weighted by Gasteiger charge is -2.07. The van der Waals surface area contributed by atoms with Crippen LogP contribution in [0.25, 0.3) is 0 Å². The van der Waals surface area contributed by atoms with Crippen LogP contribution in [0, 0.1) is 0 Å². The molecule has 108 valence electrons. The van der Waals surface area contributed by atoms with E-state index in [1.54, 1.807) is 0 Å². The van der Waals surface area contributed by atoms with Crippen molar-refractivity contribution in [3.63, 3.8) is 0 Å². The topological polar surface area (TPSA) is 98.7 Å². The van der Waals surface area contributed by atoms with Gasteiger partial charge in [0.1, 0.15) is 0 Å². The van der Waals surface area contributed by atoms with Crippen molar-refractivity contribution in [1.82, 2.24) is 10.6 Å². The van der Waals surface area contributed by atoms with Crippen LogP contribution in [0.1, 0.15) is 45.4 Å². The van der Waals surface area contributed by atoms with Gasteiger partial charge in [-0.3, -0.25) is 14.7 Å². The molecule has 6 nitrogen and oxygen atoms in total. The second-order valence-electron chi connectivity index (χ2n) is 4.37. The molecule has 0 saturated heterocycles. The van der Waals surface area contributed by atoms with Gasteiger partial charge in [-0.25, -0.2) is 0 Å². The molecule has 0 aromatic rings. The number of nitrogens with one attached hydrogen (secondary N) is 2. The van der Waals surface area contributed by atoms with Gasteiger partial charge in [0.15, 0.2) is 0 Å². The molecule has 0 spiro atoms. The fourth-order valence-electron chi connectivity index (χ4n) is 1.51. The number of hydrogen-bond acceptors (Lipinski definition) is 3. The van der Waals surface area contributed by atoms with Crippen molar-refractivity contribution in [2.24, 2.45) is 0 Å². The molecule has 0 saturated carbocycles. The van der Waals surface area contributed by atoms with Crippen molar-refractivity contribution in [2.75, 3.05) is 19.4 Å². The molecule has 18 heavy (non-hydrogen) atoms. The van der Waals surface area contributed by atoms with Crippen LogP contribution in [0.2, 0.25) is 0 Å². The number of carbonyl (C=O) groups is 1. The lowest BCUT2D eigenvalue weighted by molar-refractivity contribution is -0.120. The molecule has 0 aromatic carbocycles. The summed E-state index contributed by atoms with van der Waals surface area (Å²) in [7, 11) is -4.06. The molecule has 0 aliphatic carbocycles. The Hall–Kier alpha value is -0.420. The molecular weight excluding hydrogens is 255 g/mol. The van der Waals surface area contributed by atoms with Crippen LogP contribution in [-0.4, -0.2) is 35.1 Å². The van der Waals surface area contributed by atoms with Crippen molar-refractivity contribution in [3.8, 4) is 0 Å². The van der Waals surface area contributed by atoms with Gasteiger partial charge in [0.2, 0.25) is 5.91 Å². The molecule has 0 radical (unpaired) electrons. The zero-order chi connectivity index (χ0) is 13.9. The van der Waals surface area contributed by atoms with Gasteiger partial charge in [0, 0.05) is 6.54 Å². The summed E-state index contributed by atoms with van der Waals surface area (Å²) in [6.45, 7) is 2.74. The molecule has 0 heterocycles. The van der Waals surface area contributed by atoms with E-state index in [9.17, 15) is 9.36 Å². The summed E-state index contributed by atoms with van der Waals surface area (Å²) in [5.41, 5.74) is 0. The molecule has 0 aliphatic rings. The zero-order valence-corrected chi connectivity index (χ0v) is 11.9. The Bertz CT molecular complexity index is 268. The fraction of sp³-hybridized carbons (Fsp3) is 0.909. The summed E-state index contributed by atoms with van der Waals surface area (Å²) in [6.07, 6.45) is 6.52. The number of hydrogen-bond donors (Lipinski definition) is 4. The Labute approximate surface area is 109 Å². The minimum atomic E-state index is -4.06. The second-order valence-corrected chi connectivity index (χ2v) is 6.01. The van der Waals surface area contributed by atoms with Crippen molar-refractivity contribution in [2.45, 2.75) is 45.4 Å². The minimum absolute atomic E-state index is 0.0546. The van der Waals surface area contributed by atoms with Crippen LogP contribution in [-0.2, 0) is 9.36 Å². The highest BCUT2D eigenvalue weighted by Gasteiger charge is 2.12. The molecule has 7 heteroatoms. The summed E-state index contributed by atoms with van der Waals surface area (Å²) in [4.78, 5) is 28.4. The highest BCUT2D eigenvalue weighted by molar-refractivity contribution is 7.51. The Morgan fingerprint density at radius 2 is 1.72 bits per heavy atom. The molecule has 0 rings (SSSR count). The summed E-state index contributed by atoms with van der Waals surface area (Å²) in [6, 6.07) is 0. The van der Waals surface area contributed by atoms with E-state index in [-0.39, 0.29) is 12.5 Å². The smallest absolute Gasteiger partial charge is 0.339 e. The molecule has 0 bridgehead atoms. The van der Waals surface area contributed by atoms with E-state index in [1.165, 1.54) is 25.7 Å². The average molecular weight is 280 g/mol. The Morgan fingerprint density at radius 1 is 1.11 bits per heavy atom. The van der Waals surface area contributed by atoms with Crippen LogP contribution >= 0.6 is 7.60 Å². The van der Waals surface area contributed by atoms with Gasteiger partial charge < -0.3 is 15.1 Å². The average Bonchev–Trinajstić information content (AvgIpc) is 2.26. The van der Waals surface area contributed by atoms with Crippen molar-refractivity contribution in [1.29, 1.82) is 0 Å². The minimum Gasteiger partial charge on any atom is -0.355 e. The van der Waals surface area contributed by atoms with Gasteiger partial charge in [-0.2, -0.15) is 0 Å². The van der Waals surface area contributed by atoms with Gasteiger partial charge in [0.05, 0.1) is 12.8 Å². The molecule has 0 aliphatic heterocycles. The molecule has 1 amide bonds. The first-order valence-corrected chi connectivity index (χ1v) is 8.27. The highest BCUT2D eigenvalue weighted by atomic mass is 31.2. The van der Waals surface area contributed by atoms with Crippen LogP contribution in [0.3, 0.4) is 0 Å². The number of carbonyl (C=O) groups excluding carboxylic acids is 1. The second kappa shape index (κ2) is 10.5. The van der Waals surface area contributed by atoms with Crippen LogP contribution in [0.5, 0.6) is 0 Å². The predicted octanol–water partition coefficient (Wildman–Crippen LogP) is 1.19. The van der Waals surface area contributed by atoms with Gasteiger partial charge in [-0.05, 0) is 6.42 Å². The van der Waals surface area contributed by atoms with Gasteiger partial charge in [-0.15, -0.1) is 0 Å². The lowest BCUT2D eigenvalue weighted by atomic mass is 10.1. The highest BCUT2D eigenvalue weighted by Crippen LogP contribution is 2.31. The zero-order valence-electron chi connectivity index (χ0n) is 11.0.